The topological polar surface area (TPSA) is 141 Å². The highest BCUT2D eigenvalue weighted by atomic mass is 32.2. The highest BCUT2D eigenvalue weighted by Gasteiger charge is 2.16. The molecule has 0 atom stereocenters. The summed E-state index contributed by atoms with van der Waals surface area (Å²) in [6.07, 6.45) is 0. The van der Waals surface area contributed by atoms with Crippen molar-refractivity contribution in [3.05, 3.63) is 64.2 Å². The van der Waals surface area contributed by atoms with Crippen LogP contribution < -0.4 is 15.6 Å². The highest BCUT2D eigenvalue weighted by Crippen LogP contribution is 2.25. The summed E-state index contributed by atoms with van der Waals surface area (Å²) in [5.41, 5.74) is 5.23. The standard InChI is InChI=1S/C20H20N6O5S/c1-3-25-18(13-7-9-16(31-2)10-8-13)22-24-20(25)32-12-17(27)21-23-19(28)14-5-4-6-15(11-14)26(29)30/h4-11H,3,12H2,1-2H3,(H,21,27)(H,23,28). The van der Waals surface area contributed by atoms with Gasteiger partial charge in [-0.2, -0.15) is 0 Å². The summed E-state index contributed by atoms with van der Waals surface area (Å²) < 4.78 is 7.04. The van der Waals surface area contributed by atoms with Crippen LogP contribution >= 0.6 is 11.8 Å². The van der Waals surface area contributed by atoms with Crippen LogP contribution in [0.25, 0.3) is 11.4 Å². The number of benzene rings is 2. The number of hydrogen-bond donors (Lipinski definition) is 2. The second kappa shape index (κ2) is 10.4. The Morgan fingerprint density at radius 3 is 2.56 bits per heavy atom. The molecule has 1 aromatic heterocycles. The number of carbonyl (C=O) groups excluding carboxylic acids is 2. The van der Waals surface area contributed by atoms with Crippen LogP contribution in [0.1, 0.15) is 17.3 Å². The molecule has 0 aliphatic rings. The first kappa shape index (κ1) is 22.7. The fourth-order valence-electron chi connectivity index (χ4n) is 2.76. The molecule has 0 radical (unpaired) electrons. The van der Waals surface area contributed by atoms with Gasteiger partial charge in [-0.3, -0.25) is 30.6 Å². The van der Waals surface area contributed by atoms with E-state index in [9.17, 15) is 19.7 Å². The van der Waals surface area contributed by atoms with Gasteiger partial charge in [0.05, 0.1) is 17.8 Å². The number of thioether (sulfide) groups is 1. The van der Waals surface area contributed by atoms with E-state index in [1.165, 1.54) is 30.0 Å². The van der Waals surface area contributed by atoms with E-state index in [0.29, 0.717) is 17.5 Å². The summed E-state index contributed by atoms with van der Waals surface area (Å²) in [7, 11) is 1.59. The van der Waals surface area contributed by atoms with E-state index in [1.807, 2.05) is 35.8 Å². The van der Waals surface area contributed by atoms with Gasteiger partial charge in [-0.1, -0.05) is 17.8 Å². The lowest BCUT2D eigenvalue weighted by atomic mass is 10.2. The van der Waals surface area contributed by atoms with Crippen molar-refractivity contribution in [2.24, 2.45) is 0 Å². The lowest BCUT2D eigenvalue weighted by molar-refractivity contribution is -0.384. The Hall–Kier alpha value is -3.93. The van der Waals surface area contributed by atoms with E-state index in [2.05, 4.69) is 21.0 Å². The summed E-state index contributed by atoms with van der Waals surface area (Å²) in [4.78, 5) is 34.5. The van der Waals surface area contributed by atoms with E-state index in [-0.39, 0.29) is 17.0 Å². The molecule has 0 bridgehead atoms. The van der Waals surface area contributed by atoms with Crippen molar-refractivity contribution >= 4 is 29.3 Å². The van der Waals surface area contributed by atoms with Crippen LogP contribution in [0.2, 0.25) is 0 Å². The number of nitrogens with one attached hydrogen (secondary N) is 2. The normalized spacial score (nSPS) is 10.4. The number of nitro groups is 1. The largest absolute Gasteiger partial charge is 0.497 e. The van der Waals surface area contributed by atoms with E-state index < -0.39 is 16.7 Å². The molecule has 3 rings (SSSR count). The van der Waals surface area contributed by atoms with Crippen molar-refractivity contribution in [2.45, 2.75) is 18.6 Å². The van der Waals surface area contributed by atoms with Crippen LogP contribution in [0.15, 0.2) is 53.7 Å². The Bertz CT molecular complexity index is 1130. The van der Waals surface area contributed by atoms with Crippen LogP contribution in [0.3, 0.4) is 0 Å². The van der Waals surface area contributed by atoms with Crippen LogP contribution in [0.5, 0.6) is 5.75 Å². The minimum Gasteiger partial charge on any atom is -0.497 e. The predicted molar refractivity (Wildman–Crippen MR) is 117 cm³/mol. The molecule has 0 saturated heterocycles. The number of carbonyl (C=O) groups is 2. The molecule has 12 heteroatoms. The Morgan fingerprint density at radius 2 is 1.91 bits per heavy atom. The zero-order valence-electron chi connectivity index (χ0n) is 17.3. The molecule has 0 saturated carbocycles. The number of rotatable bonds is 8. The number of hydrogen-bond acceptors (Lipinski definition) is 8. The maximum atomic E-state index is 12.1. The average molecular weight is 456 g/mol. The molecule has 3 aromatic rings. The van der Waals surface area contributed by atoms with Gasteiger partial charge in [-0.15, -0.1) is 10.2 Å². The molecule has 2 N–H and O–H groups in total. The molecule has 0 fully saturated rings. The van der Waals surface area contributed by atoms with Crippen LogP contribution in [0, 0.1) is 10.1 Å². The second-order valence-electron chi connectivity index (χ2n) is 6.38. The lowest BCUT2D eigenvalue weighted by Crippen LogP contribution is -2.42. The van der Waals surface area contributed by atoms with E-state index in [4.69, 9.17) is 4.74 Å². The van der Waals surface area contributed by atoms with Gasteiger partial charge in [0, 0.05) is 29.8 Å². The Labute approximate surface area is 187 Å². The summed E-state index contributed by atoms with van der Waals surface area (Å²) in [6, 6.07) is 12.6. The third kappa shape index (κ3) is 5.40. The van der Waals surface area contributed by atoms with Crippen LogP contribution in [0.4, 0.5) is 5.69 Å². The SMILES string of the molecule is CCn1c(SCC(=O)NNC(=O)c2cccc([N+](=O)[O-])c2)nnc1-c1ccc(OC)cc1. The second-order valence-corrected chi connectivity index (χ2v) is 7.32. The highest BCUT2D eigenvalue weighted by molar-refractivity contribution is 7.99. The molecule has 32 heavy (non-hydrogen) atoms. The van der Waals surface area contributed by atoms with Crippen molar-refractivity contribution < 1.29 is 19.2 Å². The van der Waals surface area contributed by atoms with E-state index in [0.717, 1.165) is 17.4 Å². The number of methoxy groups -OCH3 is 1. The molecule has 0 aliphatic carbocycles. The average Bonchev–Trinajstić information content (AvgIpc) is 3.24. The van der Waals surface area contributed by atoms with Gasteiger partial charge in [0.1, 0.15) is 5.75 Å². The fraction of sp³-hybridized carbons (Fsp3) is 0.200. The van der Waals surface area contributed by atoms with Crippen LogP contribution in [-0.4, -0.2) is 44.4 Å². The molecule has 166 valence electrons. The van der Waals surface area contributed by atoms with Gasteiger partial charge in [0.2, 0.25) is 5.91 Å². The Morgan fingerprint density at radius 1 is 1.16 bits per heavy atom. The van der Waals surface area contributed by atoms with E-state index >= 15 is 0 Å². The fourth-order valence-corrected chi connectivity index (χ4v) is 3.56. The van der Waals surface area contributed by atoms with Gasteiger partial charge >= 0.3 is 0 Å². The van der Waals surface area contributed by atoms with Gasteiger partial charge in [0.25, 0.3) is 11.6 Å². The Kier molecular flexibility index (Phi) is 7.39. The maximum absolute atomic E-state index is 12.1. The molecule has 2 amide bonds. The minimum absolute atomic E-state index is 0.0179. The first-order valence-electron chi connectivity index (χ1n) is 9.47. The number of nitro benzene ring substituents is 1. The maximum Gasteiger partial charge on any atom is 0.270 e. The summed E-state index contributed by atoms with van der Waals surface area (Å²) in [5, 5.41) is 19.8. The number of non-ortho nitro benzene ring substituents is 1. The number of amides is 2. The predicted octanol–water partition coefficient (Wildman–Crippen LogP) is 2.44. The zero-order valence-corrected chi connectivity index (χ0v) is 18.1. The van der Waals surface area contributed by atoms with E-state index in [1.54, 1.807) is 7.11 Å². The summed E-state index contributed by atoms with van der Waals surface area (Å²) in [5.74, 6) is 0.249. The number of aromatic nitrogens is 3. The Balaban J connectivity index is 1.58. The van der Waals surface area contributed by atoms with Crippen molar-refractivity contribution in [1.29, 1.82) is 0 Å². The van der Waals surface area contributed by atoms with Crippen molar-refractivity contribution in [3.8, 4) is 17.1 Å². The monoisotopic (exact) mass is 456 g/mol. The third-order valence-corrected chi connectivity index (χ3v) is 5.32. The van der Waals surface area contributed by atoms with Gasteiger partial charge in [-0.05, 0) is 37.3 Å². The molecular formula is C20H20N6O5S. The van der Waals surface area contributed by atoms with Crippen molar-refractivity contribution in [1.82, 2.24) is 25.6 Å². The molecular weight excluding hydrogens is 436 g/mol. The van der Waals surface area contributed by atoms with Crippen molar-refractivity contribution in [3.63, 3.8) is 0 Å². The van der Waals surface area contributed by atoms with Gasteiger partial charge in [0.15, 0.2) is 11.0 Å². The molecule has 1 heterocycles. The molecule has 2 aromatic carbocycles. The third-order valence-electron chi connectivity index (χ3n) is 4.35. The summed E-state index contributed by atoms with van der Waals surface area (Å²) in [6.45, 7) is 2.54. The molecule has 0 unspecified atom stereocenters. The number of nitrogens with zero attached hydrogens (tertiary/aromatic N) is 4. The number of hydrazine groups is 1. The quantitative estimate of drug-likeness (QED) is 0.299. The minimum atomic E-state index is -0.662. The zero-order chi connectivity index (χ0) is 23.1. The molecule has 0 spiro atoms. The van der Waals surface area contributed by atoms with Gasteiger partial charge < -0.3 is 9.30 Å². The lowest BCUT2D eigenvalue weighted by Gasteiger charge is -2.09. The first-order valence-corrected chi connectivity index (χ1v) is 10.5. The summed E-state index contributed by atoms with van der Waals surface area (Å²) >= 11 is 1.17. The first-order chi connectivity index (χ1) is 15.4. The van der Waals surface area contributed by atoms with Gasteiger partial charge in [-0.25, -0.2) is 0 Å². The van der Waals surface area contributed by atoms with Crippen molar-refractivity contribution in [2.75, 3.05) is 12.9 Å². The van der Waals surface area contributed by atoms with Crippen LogP contribution in [-0.2, 0) is 11.3 Å². The molecule has 0 aliphatic heterocycles. The number of ether oxygens (including phenoxy) is 1. The smallest absolute Gasteiger partial charge is 0.270 e. The molecule has 11 nitrogen and oxygen atoms in total.